The molecule has 1 atom stereocenters. The van der Waals surface area contributed by atoms with Gasteiger partial charge in [-0.1, -0.05) is 12.1 Å². The van der Waals surface area contributed by atoms with E-state index < -0.39 is 22.8 Å². The highest BCUT2D eigenvalue weighted by molar-refractivity contribution is 6.03. The molecule has 0 unspecified atom stereocenters. The SMILES string of the molecule is COC(=O)c1c(C)[nH]c(C(=O)[C@@H](C)Oc2ccccc2[N+](=O)[O-])c1C. The van der Waals surface area contributed by atoms with Crippen LogP contribution >= 0.6 is 0 Å². The summed E-state index contributed by atoms with van der Waals surface area (Å²) in [5, 5.41) is 11.0. The number of Topliss-reactive ketones (excluding diaryl/α,β-unsaturated/α-hetero) is 1. The van der Waals surface area contributed by atoms with Crippen LogP contribution in [0.25, 0.3) is 0 Å². The standard InChI is InChI=1S/C17H18N2O6/c1-9-14(17(21)24-4)10(2)18-15(9)16(20)11(3)25-13-8-6-5-7-12(13)19(22)23/h5-8,11,18H,1-4H3/t11-/m1/s1. The predicted molar refractivity (Wildman–Crippen MR) is 89.1 cm³/mol. The average molecular weight is 346 g/mol. The van der Waals surface area contributed by atoms with Gasteiger partial charge < -0.3 is 14.5 Å². The number of carbonyl (C=O) groups is 2. The molecule has 0 aliphatic rings. The lowest BCUT2D eigenvalue weighted by Crippen LogP contribution is -2.25. The van der Waals surface area contributed by atoms with Gasteiger partial charge in [0.1, 0.15) is 0 Å². The number of nitro groups is 1. The van der Waals surface area contributed by atoms with Crippen LogP contribution in [-0.2, 0) is 4.74 Å². The molecule has 0 saturated carbocycles. The Hall–Kier alpha value is -3.16. The van der Waals surface area contributed by atoms with Crippen molar-refractivity contribution < 1.29 is 24.0 Å². The van der Waals surface area contributed by atoms with Crippen molar-refractivity contribution in [3.8, 4) is 5.75 Å². The van der Waals surface area contributed by atoms with Crippen LogP contribution < -0.4 is 4.74 Å². The number of aromatic nitrogens is 1. The van der Waals surface area contributed by atoms with Gasteiger partial charge in [0.15, 0.2) is 11.9 Å². The molecule has 8 heteroatoms. The van der Waals surface area contributed by atoms with Gasteiger partial charge in [0.05, 0.1) is 23.3 Å². The van der Waals surface area contributed by atoms with Crippen molar-refractivity contribution in [2.45, 2.75) is 26.9 Å². The highest BCUT2D eigenvalue weighted by atomic mass is 16.6. The second kappa shape index (κ2) is 7.16. The maximum atomic E-state index is 12.6. The minimum atomic E-state index is -0.983. The predicted octanol–water partition coefficient (Wildman–Crippen LogP) is 2.98. The second-order valence-electron chi connectivity index (χ2n) is 5.47. The number of benzene rings is 1. The number of hydrogen-bond donors (Lipinski definition) is 1. The molecule has 2 aromatic rings. The maximum Gasteiger partial charge on any atom is 0.339 e. The van der Waals surface area contributed by atoms with Crippen molar-refractivity contribution in [2.75, 3.05) is 7.11 Å². The number of methoxy groups -OCH3 is 1. The van der Waals surface area contributed by atoms with Gasteiger partial charge in [-0.2, -0.15) is 0 Å². The average Bonchev–Trinajstić information content (AvgIpc) is 2.88. The molecule has 0 radical (unpaired) electrons. The lowest BCUT2D eigenvalue weighted by Gasteiger charge is -2.13. The number of nitrogens with zero attached hydrogens (tertiary/aromatic N) is 1. The van der Waals surface area contributed by atoms with Crippen LogP contribution in [0.5, 0.6) is 5.75 Å². The van der Waals surface area contributed by atoms with Crippen molar-refractivity contribution in [2.24, 2.45) is 0 Å². The van der Waals surface area contributed by atoms with Crippen molar-refractivity contribution in [1.29, 1.82) is 0 Å². The van der Waals surface area contributed by atoms with E-state index in [0.29, 0.717) is 16.8 Å². The van der Waals surface area contributed by atoms with Gasteiger partial charge in [0, 0.05) is 11.8 Å². The Balaban J connectivity index is 2.30. The van der Waals surface area contributed by atoms with Gasteiger partial charge in [0.25, 0.3) is 0 Å². The van der Waals surface area contributed by atoms with Gasteiger partial charge in [0.2, 0.25) is 5.78 Å². The molecule has 0 spiro atoms. The van der Waals surface area contributed by atoms with Crippen LogP contribution in [0.15, 0.2) is 24.3 Å². The number of para-hydroxylation sites is 2. The third kappa shape index (κ3) is 3.52. The van der Waals surface area contributed by atoms with Gasteiger partial charge >= 0.3 is 11.7 Å². The number of esters is 1. The quantitative estimate of drug-likeness (QED) is 0.372. The molecule has 0 bridgehead atoms. The highest BCUT2D eigenvalue weighted by Crippen LogP contribution is 2.28. The first-order chi connectivity index (χ1) is 11.8. The third-order valence-electron chi connectivity index (χ3n) is 3.81. The fourth-order valence-corrected chi connectivity index (χ4v) is 2.56. The first-order valence-corrected chi connectivity index (χ1v) is 7.49. The number of aromatic amines is 1. The van der Waals surface area contributed by atoms with Crippen molar-refractivity contribution in [3.63, 3.8) is 0 Å². The van der Waals surface area contributed by atoms with E-state index in [0.717, 1.165) is 0 Å². The number of carbonyl (C=O) groups excluding carboxylic acids is 2. The molecule has 0 aliphatic carbocycles. The van der Waals surface area contributed by atoms with Crippen LogP contribution in [-0.4, -0.2) is 34.9 Å². The van der Waals surface area contributed by atoms with E-state index >= 15 is 0 Å². The number of rotatable bonds is 6. The summed E-state index contributed by atoms with van der Waals surface area (Å²) < 4.78 is 10.2. The van der Waals surface area contributed by atoms with E-state index in [2.05, 4.69) is 4.98 Å². The molecule has 1 N–H and O–H groups in total. The minimum absolute atomic E-state index is 0.00229. The van der Waals surface area contributed by atoms with Crippen molar-refractivity contribution in [3.05, 3.63) is 56.9 Å². The molecule has 0 saturated heterocycles. The molecule has 0 amide bonds. The first kappa shape index (κ1) is 18.2. The number of ketones is 1. The molecule has 1 aromatic carbocycles. The Morgan fingerprint density at radius 1 is 1.24 bits per heavy atom. The third-order valence-corrected chi connectivity index (χ3v) is 3.81. The molecule has 132 valence electrons. The lowest BCUT2D eigenvalue weighted by atomic mass is 10.1. The molecule has 1 aromatic heterocycles. The van der Waals surface area contributed by atoms with E-state index in [1.807, 2.05) is 0 Å². The molecule has 0 fully saturated rings. The van der Waals surface area contributed by atoms with Gasteiger partial charge in [-0.25, -0.2) is 4.79 Å². The zero-order valence-electron chi connectivity index (χ0n) is 14.3. The summed E-state index contributed by atoms with van der Waals surface area (Å²) in [4.78, 5) is 37.8. The topological polar surface area (TPSA) is 112 Å². The Bertz CT molecular complexity index is 840. The lowest BCUT2D eigenvalue weighted by molar-refractivity contribution is -0.386. The maximum absolute atomic E-state index is 12.6. The van der Waals surface area contributed by atoms with Gasteiger partial charge in [-0.15, -0.1) is 0 Å². The van der Waals surface area contributed by atoms with Crippen LogP contribution in [0.1, 0.15) is 39.0 Å². The summed E-state index contributed by atoms with van der Waals surface area (Å²) in [5.41, 5.74) is 1.24. The highest BCUT2D eigenvalue weighted by Gasteiger charge is 2.27. The summed E-state index contributed by atoms with van der Waals surface area (Å²) in [6.45, 7) is 4.77. The molecule has 2 rings (SSSR count). The largest absolute Gasteiger partial charge is 0.475 e. The van der Waals surface area contributed by atoms with E-state index in [1.54, 1.807) is 19.9 Å². The molecule has 1 heterocycles. The zero-order chi connectivity index (χ0) is 18.7. The van der Waals surface area contributed by atoms with E-state index in [-0.39, 0.29) is 17.1 Å². The Labute approximate surface area is 143 Å². The molecule has 8 nitrogen and oxygen atoms in total. The number of aryl methyl sites for hydroxylation is 1. The van der Waals surface area contributed by atoms with E-state index in [4.69, 9.17) is 9.47 Å². The Morgan fingerprint density at radius 2 is 1.88 bits per heavy atom. The zero-order valence-corrected chi connectivity index (χ0v) is 14.3. The Kier molecular flexibility index (Phi) is 5.21. The fraction of sp³-hybridized carbons (Fsp3) is 0.294. The Morgan fingerprint density at radius 3 is 2.48 bits per heavy atom. The molecular formula is C17H18N2O6. The summed E-state index contributed by atoms with van der Waals surface area (Å²) in [6, 6.07) is 5.82. The molecular weight excluding hydrogens is 328 g/mol. The van der Waals surface area contributed by atoms with Crippen molar-refractivity contribution >= 4 is 17.4 Å². The summed E-state index contributed by atoms with van der Waals surface area (Å²) in [7, 11) is 1.26. The summed E-state index contributed by atoms with van der Waals surface area (Å²) in [6.07, 6.45) is -0.983. The van der Waals surface area contributed by atoms with Crippen LogP contribution in [0.3, 0.4) is 0 Å². The molecule has 25 heavy (non-hydrogen) atoms. The number of nitro benzene ring substituents is 1. The van der Waals surface area contributed by atoms with Crippen molar-refractivity contribution in [1.82, 2.24) is 4.98 Å². The number of ether oxygens (including phenoxy) is 2. The molecule has 0 aliphatic heterocycles. The minimum Gasteiger partial charge on any atom is -0.475 e. The normalized spacial score (nSPS) is 11.7. The smallest absolute Gasteiger partial charge is 0.339 e. The first-order valence-electron chi connectivity index (χ1n) is 7.49. The summed E-state index contributed by atoms with van der Waals surface area (Å²) >= 11 is 0. The fourth-order valence-electron chi connectivity index (χ4n) is 2.56. The van der Waals surface area contributed by atoms with Crippen LogP contribution in [0, 0.1) is 24.0 Å². The number of H-pyrrole nitrogens is 1. The monoisotopic (exact) mass is 346 g/mol. The van der Waals surface area contributed by atoms with E-state index in [1.165, 1.54) is 32.2 Å². The number of hydrogen-bond acceptors (Lipinski definition) is 6. The van der Waals surface area contributed by atoms with Crippen LogP contribution in [0.4, 0.5) is 5.69 Å². The van der Waals surface area contributed by atoms with Gasteiger partial charge in [-0.3, -0.25) is 14.9 Å². The van der Waals surface area contributed by atoms with E-state index in [9.17, 15) is 19.7 Å². The van der Waals surface area contributed by atoms with Gasteiger partial charge in [-0.05, 0) is 32.4 Å². The summed E-state index contributed by atoms with van der Waals surface area (Å²) in [5.74, 6) is -0.964. The number of nitrogens with one attached hydrogen (secondary N) is 1. The second-order valence-corrected chi connectivity index (χ2v) is 5.47. The van der Waals surface area contributed by atoms with Crippen LogP contribution in [0.2, 0.25) is 0 Å².